The third-order valence-corrected chi connectivity index (χ3v) is 1.78. The number of rotatable bonds is 1. The number of aromatic hydroxyl groups is 1. The van der Waals surface area contributed by atoms with Gasteiger partial charge in [0.05, 0.1) is 10.0 Å². The van der Waals surface area contributed by atoms with E-state index in [4.69, 9.17) is 5.11 Å². The second-order valence-electron chi connectivity index (χ2n) is 1.80. The molecule has 0 amide bonds. The summed E-state index contributed by atoms with van der Waals surface area (Å²) in [5.41, 5.74) is 0.300. The number of halogens is 1. The standard InChI is InChI=1S/C7H5BrO2.C2H6/c8-6-3-1-2-5(4-9)7(6)10;1-2/h1-4,10H;1-2H3. The first-order valence-corrected chi connectivity index (χ1v) is 4.47. The van der Waals surface area contributed by atoms with Crippen molar-refractivity contribution in [1.82, 2.24) is 0 Å². The first-order chi connectivity index (χ1) is 5.75. The van der Waals surface area contributed by atoms with Gasteiger partial charge < -0.3 is 5.11 Å². The van der Waals surface area contributed by atoms with E-state index < -0.39 is 0 Å². The number of benzene rings is 1. The smallest absolute Gasteiger partial charge is 0.153 e. The average Bonchev–Trinajstić information content (AvgIpc) is 2.13. The van der Waals surface area contributed by atoms with Crippen molar-refractivity contribution in [2.45, 2.75) is 13.8 Å². The Labute approximate surface area is 80.4 Å². The highest BCUT2D eigenvalue weighted by molar-refractivity contribution is 9.10. The quantitative estimate of drug-likeness (QED) is 0.754. The molecular formula is C9H11BrO2. The van der Waals surface area contributed by atoms with E-state index in [1.54, 1.807) is 18.2 Å². The molecule has 3 heteroatoms. The van der Waals surface area contributed by atoms with Gasteiger partial charge in [-0.15, -0.1) is 0 Å². The van der Waals surface area contributed by atoms with Crippen LogP contribution in [0.5, 0.6) is 5.75 Å². The van der Waals surface area contributed by atoms with Gasteiger partial charge in [0.2, 0.25) is 0 Å². The molecule has 0 bridgehead atoms. The van der Waals surface area contributed by atoms with Crippen LogP contribution in [0.4, 0.5) is 0 Å². The van der Waals surface area contributed by atoms with E-state index in [0.717, 1.165) is 0 Å². The van der Waals surface area contributed by atoms with Crippen LogP contribution in [0.15, 0.2) is 22.7 Å². The number of aldehydes is 1. The predicted molar refractivity (Wildman–Crippen MR) is 52.5 cm³/mol. The van der Waals surface area contributed by atoms with Crippen molar-refractivity contribution < 1.29 is 9.90 Å². The van der Waals surface area contributed by atoms with E-state index in [2.05, 4.69) is 15.9 Å². The fourth-order valence-electron chi connectivity index (χ4n) is 0.627. The summed E-state index contributed by atoms with van der Waals surface area (Å²) in [7, 11) is 0. The second-order valence-corrected chi connectivity index (χ2v) is 2.65. The van der Waals surface area contributed by atoms with Crippen molar-refractivity contribution in [3.8, 4) is 5.75 Å². The van der Waals surface area contributed by atoms with Crippen molar-refractivity contribution in [2.24, 2.45) is 0 Å². The summed E-state index contributed by atoms with van der Waals surface area (Å²) in [6.07, 6.45) is 0.611. The fourth-order valence-corrected chi connectivity index (χ4v) is 1.01. The molecule has 0 heterocycles. The summed E-state index contributed by atoms with van der Waals surface area (Å²) in [4.78, 5) is 10.2. The molecule has 0 radical (unpaired) electrons. The lowest BCUT2D eigenvalue weighted by atomic mass is 10.2. The molecule has 0 spiro atoms. The minimum absolute atomic E-state index is 0.00231. The second kappa shape index (κ2) is 5.77. The monoisotopic (exact) mass is 230 g/mol. The van der Waals surface area contributed by atoms with Gasteiger partial charge in [-0.3, -0.25) is 4.79 Å². The topological polar surface area (TPSA) is 37.3 Å². The van der Waals surface area contributed by atoms with E-state index in [1.807, 2.05) is 13.8 Å². The van der Waals surface area contributed by atoms with Crippen LogP contribution in [0.25, 0.3) is 0 Å². The Hall–Kier alpha value is -0.830. The third-order valence-electron chi connectivity index (χ3n) is 1.14. The zero-order chi connectivity index (χ0) is 9.56. The van der Waals surface area contributed by atoms with Gasteiger partial charge in [0.15, 0.2) is 6.29 Å². The Kier molecular flexibility index (Phi) is 5.37. The molecule has 0 unspecified atom stereocenters. The summed E-state index contributed by atoms with van der Waals surface area (Å²) < 4.78 is 0.539. The maximum absolute atomic E-state index is 10.2. The molecule has 0 fully saturated rings. The normalized spacial score (nSPS) is 8.25. The number of phenols is 1. The van der Waals surface area contributed by atoms with Gasteiger partial charge in [0.1, 0.15) is 5.75 Å². The van der Waals surface area contributed by atoms with E-state index in [-0.39, 0.29) is 5.75 Å². The summed E-state index contributed by atoms with van der Waals surface area (Å²) in [5.74, 6) is -0.00231. The number of hydrogen-bond acceptors (Lipinski definition) is 2. The highest BCUT2D eigenvalue weighted by Gasteiger charge is 2.01. The number of para-hydroxylation sites is 1. The molecule has 0 saturated heterocycles. The summed E-state index contributed by atoms with van der Waals surface area (Å²) in [6, 6.07) is 4.91. The van der Waals surface area contributed by atoms with Gasteiger partial charge in [-0.05, 0) is 28.1 Å². The average molecular weight is 231 g/mol. The maximum atomic E-state index is 10.2. The summed E-state index contributed by atoms with van der Waals surface area (Å²) in [5, 5.41) is 9.12. The summed E-state index contributed by atoms with van der Waals surface area (Å²) in [6.45, 7) is 4.00. The van der Waals surface area contributed by atoms with Crippen LogP contribution in [-0.2, 0) is 0 Å². The van der Waals surface area contributed by atoms with Crippen LogP contribution in [0.1, 0.15) is 24.2 Å². The van der Waals surface area contributed by atoms with Gasteiger partial charge in [-0.2, -0.15) is 0 Å². The molecule has 2 nitrogen and oxygen atoms in total. The predicted octanol–water partition coefficient (Wildman–Crippen LogP) is 2.99. The van der Waals surface area contributed by atoms with Crippen LogP contribution in [0.2, 0.25) is 0 Å². The van der Waals surface area contributed by atoms with Crippen LogP contribution in [0, 0.1) is 0 Å². The van der Waals surface area contributed by atoms with Gasteiger partial charge in [-0.25, -0.2) is 0 Å². The van der Waals surface area contributed by atoms with Gasteiger partial charge >= 0.3 is 0 Å². The molecule has 1 N–H and O–H groups in total. The van der Waals surface area contributed by atoms with Crippen molar-refractivity contribution in [3.63, 3.8) is 0 Å². The highest BCUT2D eigenvalue weighted by atomic mass is 79.9. The zero-order valence-corrected chi connectivity index (χ0v) is 8.63. The minimum Gasteiger partial charge on any atom is -0.506 e. The lowest BCUT2D eigenvalue weighted by molar-refractivity contribution is 0.112. The lowest BCUT2D eigenvalue weighted by Gasteiger charge is -1.96. The highest BCUT2D eigenvalue weighted by Crippen LogP contribution is 2.25. The molecule has 0 saturated carbocycles. The van der Waals surface area contributed by atoms with Gasteiger partial charge in [-0.1, -0.05) is 19.9 Å². The number of carbonyl (C=O) groups is 1. The van der Waals surface area contributed by atoms with Crippen LogP contribution in [-0.4, -0.2) is 11.4 Å². The lowest BCUT2D eigenvalue weighted by Crippen LogP contribution is -1.79. The Morgan fingerprint density at radius 1 is 1.42 bits per heavy atom. The Morgan fingerprint density at radius 3 is 2.42 bits per heavy atom. The molecular weight excluding hydrogens is 220 g/mol. The molecule has 0 atom stereocenters. The number of phenolic OH excluding ortho intramolecular Hbond substituents is 1. The first-order valence-electron chi connectivity index (χ1n) is 3.68. The Balaban J connectivity index is 0.000000561. The fraction of sp³-hybridized carbons (Fsp3) is 0.222. The molecule has 0 aliphatic carbocycles. The van der Waals surface area contributed by atoms with Crippen molar-refractivity contribution in [2.75, 3.05) is 0 Å². The van der Waals surface area contributed by atoms with E-state index in [9.17, 15) is 4.79 Å². The van der Waals surface area contributed by atoms with E-state index >= 15 is 0 Å². The molecule has 0 aliphatic rings. The van der Waals surface area contributed by atoms with Crippen LogP contribution >= 0.6 is 15.9 Å². The number of carbonyl (C=O) groups excluding carboxylic acids is 1. The van der Waals surface area contributed by atoms with E-state index in [0.29, 0.717) is 16.3 Å². The Morgan fingerprint density at radius 2 is 2.00 bits per heavy atom. The van der Waals surface area contributed by atoms with Gasteiger partial charge in [0.25, 0.3) is 0 Å². The number of hydrogen-bond donors (Lipinski definition) is 1. The maximum Gasteiger partial charge on any atom is 0.153 e. The minimum atomic E-state index is -0.00231. The van der Waals surface area contributed by atoms with E-state index in [1.165, 1.54) is 0 Å². The van der Waals surface area contributed by atoms with Gasteiger partial charge in [0, 0.05) is 0 Å². The van der Waals surface area contributed by atoms with Crippen LogP contribution in [0.3, 0.4) is 0 Å². The third kappa shape index (κ3) is 2.66. The van der Waals surface area contributed by atoms with Crippen molar-refractivity contribution in [3.05, 3.63) is 28.2 Å². The molecule has 0 aliphatic heterocycles. The van der Waals surface area contributed by atoms with Crippen molar-refractivity contribution in [1.29, 1.82) is 0 Å². The molecule has 1 aromatic carbocycles. The molecule has 12 heavy (non-hydrogen) atoms. The zero-order valence-electron chi connectivity index (χ0n) is 7.04. The molecule has 1 aromatic rings. The molecule has 0 aromatic heterocycles. The first kappa shape index (κ1) is 11.2. The molecule has 1 rings (SSSR count). The SMILES string of the molecule is CC.O=Cc1cccc(Br)c1O. The summed E-state index contributed by atoms with van der Waals surface area (Å²) >= 11 is 3.08. The largest absolute Gasteiger partial charge is 0.506 e. The van der Waals surface area contributed by atoms with Crippen molar-refractivity contribution >= 4 is 22.2 Å². The molecule has 66 valence electrons. The van der Waals surface area contributed by atoms with Crippen LogP contribution < -0.4 is 0 Å². The Bertz CT molecular complexity index is 259.